The van der Waals surface area contributed by atoms with Gasteiger partial charge in [-0.1, -0.05) is 0 Å². The zero-order chi connectivity index (χ0) is 23.2. The second-order valence-corrected chi connectivity index (χ2v) is 10.1. The summed E-state index contributed by atoms with van der Waals surface area (Å²) in [6, 6.07) is 6.87. The van der Waals surface area contributed by atoms with Gasteiger partial charge >= 0.3 is 0 Å². The quantitative estimate of drug-likeness (QED) is 0.553. The van der Waals surface area contributed by atoms with E-state index in [1.165, 1.54) is 11.5 Å². The molecule has 0 N–H and O–H groups in total. The van der Waals surface area contributed by atoms with Gasteiger partial charge in [-0.25, -0.2) is 9.67 Å². The summed E-state index contributed by atoms with van der Waals surface area (Å²) in [6.07, 6.45) is 2.21. The van der Waals surface area contributed by atoms with Crippen molar-refractivity contribution in [2.24, 2.45) is 5.92 Å². The number of aromatic nitrogens is 4. The van der Waals surface area contributed by atoms with Gasteiger partial charge in [-0.2, -0.15) is 14.7 Å². The molecule has 3 aromatic rings. The van der Waals surface area contributed by atoms with Crippen LogP contribution in [0, 0.1) is 24.2 Å². The summed E-state index contributed by atoms with van der Waals surface area (Å²) in [5.41, 5.74) is 4.62. The predicted octanol–water partition coefficient (Wildman–Crippen LogP) is 4.00. The van der Waals surface area contributed by atoms with Crippen molar-refractivity contribution in [3.63, 3.8) is 0 Å². The SMILES string of the molecule is Cc1cc(-c2nsc3c(C4CC(C#N)CCO4)cc(N4CCOC[C@H]4C)nc23)n(C2CCO2)n1. The van der Waals surface area contributed by atoms with Gasteiger partial charge in [0.05, 0.1) is 60.0 Å². The molecule has 3 aliphatic rings. The van der Waals surface area contributed by atoms with Gasteiger partial charge in [0, 0.05) is 25.1 Å². The average Bonchev–Trinajstić information content (AvgIpc) is 3.40. The van der Waals surface area contributed by atoms with Crippen molar-refractivity contribution in [1.29, 1.82) is 5.26 Å². The molecule has 3 unspecified atom stereocenters. The van der Waals surface area contributed by atoms with Crippen LogP contribution in [0.1, 0.15) is 49.8 Å². The van der Waals surface area contributed by atoms with Gasteiger partial charge in [0.15, 0.2) is 6.23 Å². The molecule has 3 fully saturated rings. The topological polar surface area (TPSA) is 98.3 Å². The van der Waals surface area contributed by atoms with E-state index in [4.69, 9.17) is 28.7 Å². The highest BCUT2D eigenvalue weighted by molar-refractivity contribution is 7.13. The van der Waals surface area contributed by atoms with Crippen LogP contribution in [0.15, 0.2) is 12.1 Å². The lowest BCUT2D eigenvalue weighted by molar-refractivity contribution is -0.105. The highest BCUT2D eigenvalue weighted by Gasteiger charge is 2.31. The largest absolute Gasteiger partial charge is 0.377 e. The number of hydrogen-bond acceptors (Lipinski definition) is 9. The van der Waals surface area contributed by atoms with Crippen LogP contribution in [0.4, 0.5) is 5.82 Å². The maximum absolute atomic E-state index is 9.56. The first-order valence-electron chi connectivity index (χ1n) is 12.0. The number of rotatable bonds is 4. The van der Waals surface area contributed by atoms with Crippen molar-refractivity contribution in [2.75, 3.05) is 37.9 Å². The Bertz CT molecular complexity index is 1250. The number of pyridine rings is 1. The standard InChI is InChI=1S/C24H28N6O3S/c1-14-9-18(30(27-14)21-4-7-33-21)22-23-24(34-28-22)17(19-10-16(12-25)3-6-32-19)11-20(26-23)29-5-8-31-13-15(29)2/h9,11,15-16,19,21H,3-8,10,13H2,1-2H3/t15-,16?,19?,21?/m1/s1. The Morgan fingerprint density at radius 2 is 2.03 bits per heavy atom. The van der Waals surface area contributed by atoms with Crippen molar-refractivity contribution in [2.45, 2.75) is 51.5 Å². The molecule has 10 heteroatoms. The van der Waals surface area contributed by atoms with Gasteiger partial charge in [-0.15, -0.1) is 0 Å². The molecular weight excluding hydrogens is 452 g/mol. The summed E-state index contributed by atoms with van der Waals surface area (Å²) in [5.74, 6) is 0.907. The van der Waals surface area contributed by atoms with Crippen LogP contribution >= 0.6 is 11.5 Å². The monoisotopic (exact) mass is 480 g/mol. The van der Waals surface area contributed by atoms with E-state index < -0.39 is 0 Å². The molecule has 34 heavy (non-hydrogen) atoms. The fraction of sp³-hybridized carbons (Fsp3) is 0.583. The maximum Gasteiger partial charge on any atom is 0.153 e. The second-order valence-electron chi connectivity index (χ2n) is 9.34. The number of anilines is 1. The van der Waals surface area contributed by atoms with Gasteiger partial charge in [0.2, 0.25) is 0 Å². The minimum Gasteiger partial charge on any atom is -0.377 e. The smallest absolute Gasteiger partial charge is 0.153 e. The van der Waals surface area contributed by atoms with Crippen LogP contribution in [0.3, 0.4) is 0 Å². The normalized spacial score (nSPS) is 27.5. The van der Waals surface area contributed by atoms with Crippen LogP contribution < -0.4 is 4.90 Å². The second kappa shape index (κ2) is 8.89. The van der Waals surface area contributed by atoms with Crippen molar-refractivity contribution >= 4 is 27.6 Å². The molecule has 0 radical (unpaired) electrons. The molecule has 6 rings (SSSR count). The molecule has 0 spiro atoms. The van der Waals surface area contributed by atoms with Crippen LogP contribution in [0.25, 0.3) is 21.6 Å². The Morgan fingerprint density at radius 1 is 1.18 bits per heavy atom. The number of aryl methyl sites for hydroxylation is 1. The number of hydrogen-bond donors (Lipinski definition) is 0. The van der Waals surface area contributed by atoms with Gasteiger partial charge in [0.1, 0.15) is 17.0 Å². The van der Waals surface area contributed by atoms with Gasteiger partial charge < -0.3 is 19.1 Å². The highest BCUT2D eigenvalue weighted by atomic mass is 32.1. The van der Waals surface area contributed by atoms with Crippen molar-refractivity contribution in [3.05, 3.63) is 23.4 Å². The third-order valence-electron chi connectivity index (χ3n) is 6.96. The lowest BCUT2D eigenvalue weighted by Crippen LogP contribution is -2.44. The van der Waals surface area contributed by atoms with Crippen molar-refractivity contribution in [1.82, 2.24) is 19.1 Å². The highest BCUT2D eigenvalue weighted by Crippen LogP contribution is 2.42. The maximum atomic E-state index is 9.56. The van der Waals surface area contributed by atoms with Gasteiger partial charge in [-0.3, -0.25) is 0 Å². The van der Waals surface area contributed by atoms with E-state index in [-0.39, 0.29) is 24.3 Å². The van der Waals surface area contributed by atoms with E-state index in [9.17, 15) is 5.26 Å². The minimum absolute atomic E-state index is 0.0000330. The predicted molar refractivity (Wildman–Crippen MR) is 128 cm³/mol. The third kappa shape index (κ3) is 3.77. The zero-order valence-electron chi connectivity index (χ0n) is 19.4. The fourth-order valence-corrected chi connectivity index (χ4v) is 5.90. The molecule has 0 aliphatic carbocycles. The molecule has 3 saturated heterocycles. The first-order chi connectivity index (χ1) is 16.6. The van der Waals surface area contributed by atoms with Crippen LogP contribution in [-0.4, -0.2) is 58.2 Å². The molecule has 3 aromatic heterocycles. The summed E-state index contributed by atoms with van der Waals surface area (Å²) < 4.78 is 25.5. The van der Waals surface area contributed by atoms with E-state index in [0.717, 1.165) is 64.7 Å². The molecule has 178 valence electrons. The number of morpholine rings is 1. The molecule has 0 bridgehead atoms. The molecule has 0 amide bonds. The first-order valence-corrected chi connectivity index (χ1v) is 12.7. The van der Waals surface area contributed by atoms with E-state index >= 15 is 0 Å². The molecule has 4 atom stereocenters. The van der Waals surface area contributed by atoms with Gasteiger partial charge in [0.25, 0.3) is 0 Å². The number of ether oxygens (including phenoxy) is 3. The molecule has 3 aliphatic heterocycles. The summed E-state index contributed by atoms with van der Waals surface area (Å²) >= 11 is 1.45. The van der Waals surface area contributed by atoms with E-state index in [1.807, 2.05) is 11.6 Å². The Labute approximate surface area is 202 Å². The third-order valence-corrected chi connectivity index (χ3v) is 7.85. The molecule has 6 heterocycles. The summed E-state index contributed by atoms with van der Waals surface area (Å²) in [5, 5.41) is 14.3. The Balaban J connectivity index is 1.51. The lowest BCUT2D eigenvalue weighted by atomic mass is 9.93. The summed E-state index contributed by atoms with van der Waals surface area (Å²) in [4.78, 5) is 7.45. The Morgan fingerprint density at radius 3 is 2.79 bits per heavy atom. The lowest BCUT2D eigenvalue weighted by Gasteiger charge is -2.35. The van der Waals surface area contributed by atoms with Crippen molar-refractivity contribution in [3.8, 4) is 17.5 Å². The number of fused-ring (bicyclic) bond motifs is 1. The molecular formula is C24H28N6O3S. The zero-order valence-corrected chi connectivity index (χ0v) is 20.3. The Hall–Kier alpha value is -2.58. The Kier molecular flexibility index (Phi) is 5.73. The van der Waals surface area contributed by atoms with E-state index in [2.05, 4.69) is 30.0 Å². The number of nitrogens with zero attached hydrogens (tertiary/aromatic N) is 6. The molecule has 0 saturated carbocycles. The van der Waals surface area contributed by atoms with Crippen molar-refractivity contribution < 1.29 is 14.2 Å². The molecule has 0 aromatic carbocycles. The molecule has 9 nitrogen and oxygen atoms in total. The van der Waals surface area contributed by atoms with Crippen LogP contribution in [0.5, 0.6) is 0 Å². The summed E-state index contributed by atoms with van der Waals surface area (Å²) in [6.45, 7) is 7.62. The fourth-order valence-electron chi connectivity index (χ4n) is 5.01. The summed E-state index contributed by atoms with van der Waals surface area (Å²) in [7, 11) is 0. The first kappa shape index (κ1) is 21.9. The van der Waals surface area contributed by atoms with Crippen LogP contribution in [0.2, 0.25) is 0 Å². The number of nitriles is 1. The van der Waals surface area contributed by atoms with E-state index in [0.29, 0.717) is 26.2 Å². The van der Waals surface area contributed by atoms with Gasteiger partial charge in [-0.05, 0) is 50.4 Å². The van der Waals surface area contributed by atoms with E-state index in [1.54, 1.807) is 0 Å². The minimum atomic E-state index is -0.145. The van der Waals surface area contributed by atoms with Crippen LogP contribution in [-0.2, 0) is 14.2 Å². The average molecular weight is 481 g/mol.